The molecule has 0 aliphatic heterocycles. The van der Waals surface area contributed by atoms with Gasteiger partial charge in [0.05, 0.1) is 0 Å². The van der Waals surface area contributed by atoms with E-state index in [1.807, 2.05) is 0 Å². The standard InChI is InChI=1S/C23H26N/c1-17-15-22(19-13-9-10-14-21(19)23(2,3)4)24(5)16-20(17)18-11-7-6-8-12-18/h6-16H,1-5H3/q+1. The molecule has 0 aliphatic carbocycles. The lowest BCUT2D eigenvalue weighted by Gasteiger charge is -2.22. The van der Waals surface area contributed by atoms with Crippen LogP contribution in [0, 0.1) is 6.92 Å². The molecule has 0 N–H and O–H groups in total. The fourth-order valence-electron chi connectivity index (χ4n) is 3.30. The fraction of sp³-hybridized carbons (Fsp3) is 0.261. The van der Waals surface area contributed by atoms with Crippen LogP contribution in [0.15, 0.2) is 66.9 Å². The molecule has 1 aromatic heterocycles. The van der Waals surface area contributed by atoms with E-state index in [-0.39, 0.29) is 5.41 Å². The third-order valence-electron chi connectivity index (χ3n) is 4.58. The minimum Gasteiger partial charge on any atom is -0.200 e. The number of rotatable bonds is 2. The average molecular weight is 316 g/mol. The maximum atomic E-state index is 2.31. The Kier molecular flexibility index (Phi) is 4.28. The molecule has 3 aromatic rings. The van der Waals surface area contributed by atoms with Crippen molar-refractivity contribution in [2.75, 3.05) is 0 Å². The van der Waals surface area contributed by atoms with E-state index < -0.39 is 0 Å². The number of benzene rings is 2. The molecule has 0 bridgehead atoms. The predicted molar refractivity (Wildman–Crippen MR) is 102 cm³/mol. The largest absolute Gasteiger partial charge is 0.212 e. The second-order valence-corrected chi connectivity index (χ2v) is 7.53. The lowest BCUT2D eigenvalue weighted by Crippen LogP contribution is -2.32. The molecule has 1 nitrogen and oxygen atoms in total. The second-order valence-electron chi connectivity index (χ2n) is 7.53. The van der Waals surface area contributed by atoms with Gasteiger partial charge in [-0.3, -0.25) is 0 Å². The Balaban J connectivity index is 2.17. The normalized spacial score (nSPS) is 11.5. The van der Waals surface area contributed by atoms with Crippen LogP contribution >= 0.6 is 0 Å². The molecule has 2 aromatic carbocycles. The smallest absolute Gasteiger partial charge is 0.200 e. The van der Waals surface area contributed by atoms with Gasteiger partial charge in [0.2, 0.25) is 5.69 Å². The molecular weight excluding hydrogens is 290 g/mol. The van der Waals surface area contributed by atoms with Crippen molar-refractivity contribution in [3.8, 4) is 22.4 Å². The van der Waals surface area contributed by atoms with Gasteiger partial charge in [-0.25, -0.2) is 4.57 Å². The Labute approximate surface area is 145 Å². The summed E-state index contributed by atoms with van der Waals surface area (Å²) in [6, 6.07) is 21.7. The van der Waals surface area contributed by atoms with E-state index in [1.54, 1.807) is 0 Å². The number of nitrogens with zero attached hydrogens (tertiary/aromatic N) is 1. The molecule has 0 unspecified atom stereocenters. The molecule has 0 spiro atoms. The maximum Gasteiger partial charge on any atom is 0.212 e. The van der Waals surface area contributed by atoms with Crippen molar-refractivity contribution >= 4 is 0 Å². The topological polar surface area (TPSA) is 3.88 Å². The van der Waals surface area contributed by atoms with E-state index in [2.05, 4.69) is 106 Å². The monoisotopic (exact) mass is 316 g/mol. The molecule has 24 heavy (non-hydrogen) atoms. The van der Waals surface area contributed by atoms with Gasteiger partial charge >= 0.3 is 0 Å². The summed E-state index contributed by atoms with van der Waals surface area (Å²) in [5.41, 5.74) is 7.94. The first-order valence-corrected chi connectivity index (χ1v) is 8.53. The minimum absolute atomic E-state index is 0.121. The Morgan fingerprint density at radius 1 is 0.792 bits per heavy atom. The highest BCUT2D eigenvalue weighted by Crippen LogP contribution is 2.33. The zero-order valence-electron chi connectivity index (χ0n) is 15.3. The maximum absolute atomic E-state index is 2.31. The Morgan fingerprint density at radius 3 is 2.08 bits per heavy atom. The van der Waals surface area contributed by atoms with Crippen molar-refractivity contribution in [2.45, 2.75) is 33.1 Å². The van der Waals surface area contributed by atoms with Crippen molar-refractivity contribution in [3.05, 3.63) is 78.0 Å². The molecule has 0 saturated carbocycles. The van der Waals surface area contributed by atoms with Crippen molar-refractivity contribution in [1.82, 2.24) is 0 Å². The average Bonchev–Trinajstić information content (AvgIpc) is 2.56. The summed E-state index contributed by atoms with van der Waals surface area (Å²) in [6.45, 7) is 9.02. The van der Waals surface area contributed by atoms with Gasteiger partial charge in [0.15, 0.2) is 6.20 Å². The Morgan fingerprint density at radius 2 is 1.42 bits per heavy atom. The zero-order valence-corrected chi connectivity index (χ0v) is 15.3. The summed E-state index contributed by atoms with van der Waals surface area (Å²) in [7, 11) is 2.14. The quantitative estimate of drug-likeness (QED) is 0.553. The molecule has 0 saturated heterocycles. The lowest BCUT2D eigenvalue weighted by molar-refractivity contribution is -0.660. The van der Waals surface area contributed by atoms with Crippen LogP contribution in [0.2, 0.25) is 0 Å². The van der Waals surface area contributed by atoms with Crippen LogP contribution in [-0.2, 0) is 12.5 Å². The third kappa shape index (κ3) is 3.12. The van der Waals surface area contributed by atoms with Gasteiger partial charge in [0.25, 0.3) is 0 Å². The summed E-state index contributed by atoms with van der Waals surface area (Å²) >= 11 is 0. The SMILES string of the molecule is Cc1cc(-c2ccccc2C(C)(C)C)[n+](C)cc1-c1ccccc1. The van der Waals surface area contributed by atoms with Gasteiger partial charge in [-0.05, 0) is 35.1 Å². The van der Waals surface area contributed by atoms with E-state index in [0.29, 0.717) is 0 Å². The van der Waals surface area contributed by atoms with Gasteiger partial charge < -0.3 is 0 Å². The summed E-state index contributed by atoms with van der Waals surface area (Å²) in [5, 5.41) is 0. The van der Waals surface area contributed by atoms with Crippen LogP contribution in [0.5, 0.6) is 0 Å². The molecule has 0 fully saturated rings. The van der Waals surface area contributed by atoms with Crippen molar-refractivity contribution < 1.29 is 4.57 Å². The van der Waals surface area contributed by atoms with Gasteiger partial charge in [0, 0.05) is 17.2 Å². The molecule has 0 aliphatic rings. The van der Waals surface area contributed by atoms with Crippen molar-refractivity contribution in [1.29, 1.82) is 0 Å². The van der Waals surface area contributed by atoms with Crippen molar-refractivity contribution in [2.24, 2.45) is 7.05 Å². The number of hydrogen-bond acceptors (Lipinski definition) is 0. The summed E-state index contributed by atoms with van der Waals surface area (Å²) in [4.78, 5) is 0. The van der Waals surface area contributed by atoms with Gasteiger partial charge in [-0.1, -0.05) is 69.3 Å². The molecule has 0 amide bonds. The van der Waals surface area contributed by atoms with Crippen LogP contribution in [0.1, 0.15) is 31.9 Å². The van der Waals surface area contributed by atoms with Gasteiger partial charge in [-0.15, -0.1) is 0 Å². The van der Waals surface area contributed by atoms with Gasteiger partial charge in [0.1, 0.15) is 7.05 Å². The third-order valence-corrected chi connectivity index (χ3v) is 4.58. The van der Waals surface area contributed by atoms with Gasteiger partial charge in [-0.2, -0.15) is 0 Å². The van der Waals surface area contributed by atoms with E-state index >= 15 is 0 Å². The van der Waals surface area contributed by atoms with E-state index in [4.69, 9.17) is 0 Å². The fourth-order valence-corrected chi connectivity index (χ4v) is 3.30. The molecule has 1 heteroatoms. The van der Waals surface area contributed by atoms with Crippen LogP contribution in [-0.4, -0.2) is 0 Å². The molecule has 122 valence electrons. The van der Waals surface area contributed by atoms with E-state index in [1.165, 1.54) is 33.5 Å². The number of aryl methyl sites for hydroxylation is 2. The molecular formula is C23H26N+. The number of hydrogen-bond donors (Lipinski definition) is 0. The first kappa shape index (κ1) is 16.4. The number of aromatic nitrogens is 1. The Hall–Kier alpha value is -2.41. The molecule has 0 radical (unpaired) electrons. The lowest BCUT2D eigenvalue weighted by atomic mass is 9.82. The second kappa shape index (κ2) is 6.24. The summed E-state index contributed by atoms with van der Waals surface area (Å²) < 4.78 is 2.25. The van der Waals surface area contributed by atoms with Crippen LogP contribution in [0.4, 0.5) is 0 Å². The number of pyridine rings is 1. The highest BCUT2D eigenvalue weighted by Gasteiger charge is 2.23. The molecule has 3 rings (SSSR count). The van der Waals surface area contributed by atoms with Crippen LogP contribution < -0.4 is 4.57 Å². The highest BCUT2D eigenvalue weighted by atomic mass is 14.9. The van der Waals surface area contributed by atoms with Crippen molar-refractivity contribution in [3.63, 3.8) is 0 Å². The van der Waals surface area contributed by atoms with E-state index in [0.717, 1.165) is 0 Å². The first-order chi connectivity index (χ1) is 11.4. The summed E-state index contributed by atoms with van der Waals surface area (Å²) in [6.07, 6.45) is 2.25. The minimum atomic E-state index is 0.121. The molecule has 0 atom stereocenters. The van der Waals surface area contributed by atoms with Crippen LogP contribution in [0.3, 0.4) is 0 Å². The van der Waals surface area contributed by atoms with E-state index in [9.17, 15) is 0 Å². The Bertz CT molecular complexity index is 855. The van der Waals surface area contributed by atoms with Crippen LogP contribution in [0.25, 0.3) is 22.4 Å². The summed E-state index contributed by atoms with van der Waals surface area (Å²) in [5.74, 6) is 0. The zero-order chi connectivity index (χ0) is 17.3. The first-order valence-electron chi connectivity index (χ1n) is 8.53. The predicted octanol–water partition coefficient (Wildman–Crippen LogP) is 5.45. The molecule has 1 heterocycles. The highest BCUT2D eigenvalue weighted by molar-refractivity contribution is 5.70.